The van der Waals surface area contributed by atoms with Crippen LogP contribution in [0, 0.1) is 5.92 Å². The summed E-state index contributed by atoms with van der Waals surface area (Å²) in [4.78, 5) is 0. The molecule has 1 fully saturated rings. The second-order valence-corrected chi connectivity index (χ2v) is 4.17. The van der Waals surface area contributed by atoms with Gasteiger partial charge in [0.25, 0.3) is 0 Å². The number of hydrogen-bond acceptors (Lipinski definition) is 3. The van der Waals surface area contributed by atoms with E-state index in [0.717, 1.165) is 25.5 Å². The van der Waals surface area contributed by atoms with Gasteiger partial charge in [-0.25, -0.2) is 0 Å². The smallest absolute Gasteiger partial charge is 0.233 e. The van der Waals surface area contributed by atoms with Crippen LogP contribution in [0.4, 0.5) is 0 Å². The third kappa shape index (κ3) is 2.26. The van der Waals surface area contributed by atoms with Crippen LogP contribution in [0.15, 0.2) is 12.3 Å². The quantitative estimate of drug-likeness (QED) is 0.775. The Balaban J connectivity index is 1.88. The molecule has 0 saturated carbocycles. The molecule has 1 aliphatic rings. The molecule has 1 aromatic heterocycles. The lowest BCUT2D eigenvalue weighted by molar-refractivity contribution is 0.134. The summed E-state index contributed by atoms with van der Waals surface area (Å²) in [6, 6.07) is 1.93. The van der Waals surface area contributed by atoms with Gasteiger partial charge in [-0.1, -0.05) is 13.8 Å². The molecule has 0 radical (unpaired) electrons. The zero-order valence-corrected chi connectivity index (χ0v) is 8.73. The highest BCUT2D eigenvalue weighted by Gasteiger charge is 2.19. The first-order valence-electron chi connectivity index (χ1n) is 5.15. The van der Waals surface area contributed by atoms with Crippen LogP contribution >= 0.6 is 0 Å². The molecule has 1 aliphatic heterocycles. The molecule has 4 heteroatoms. The molecule has 0 aliphatic carbocycles. The highest BCUT2D eigenvalue weighted by Crippen LogP contribution is 2.11. The van der Waals surface area contributed by atoms with Gasteiger partial charge >= 0.3 is 0 Å². The molecule has 1 saturated heterocycles. The Morgan fingerprint density at radius 3 is 3.00 bits per heavy atom. The molecule has 0 aromatic carbocycles. The topological polar surface area (TPSA) is 39.1 Å². The summed E-state index contributed by atoms with van der Waals surface area (Å²) < 4.78 is 7.55. The normalized spacial score (nSPS) is 17.1. The lowest BCUT2D eigenvalue weighted by atomic mass is 10.2. The molecule has 4 nitrogen and oxygen atoms in total. The number of aromatic nitrogens is 2. The van der Waals surface area contributed by atoms with E-state index in [-0.39, 0.29) is 0 Å². The van der Waals surface area contributed by atoms with Crippen LogP contribution in [0.3, 0.4) is 0 Å². The summed E-state index contributed by atoms with van der Waals surface area (Å²) in [5.74, 6) is 1.37. The van der Waals surface area contributed by atoms with E-state index in [9.17, 15) is 0 Å². The van der Waals surface area contributed by atoms with Gasteiger partial charge < -0.3 is 10.1 Å². The Hall–Kier alpha value is -1.03. The Bertz CT molecular complexity index is 291. The maximum atomic E-state index is 5.62. The molecule has 0 atom stereocenters. The van der Waals surface area contributed by atoms with Crippen LogP contribution in [0.2, 0.25) is 0 Å². The van der Waals surface area contributed by atoms with Gasteiger partial charge in [-0.3, -0.25) is 4.68 Å². The van der Waals surface area contributed by atoms with E-state index in [4.69, 9.17) is 4.74 Å². The summed E-state index contributed by atoms with van der Waals surface area (Å²) in [6.07, 6.45) is 2.29. The van der Waals surface area contributed by atoms with Crippen molar-refractivity contribution < 1.29 is 4.74 Å². The van der Waals surface area contributed by atoms with E-state index < -0.39 is 0 Å². The zero-order valence-electron chi connectivity index (χ0n) is 8.73. The molecule has 1 N–H and O–H groups in total. The fourth-order valence-electron chi connectivity index (χ4n) is 1.40. The molecule has 1 aromatic rings. The monoisotopic (exact) mass is 195 g/mol. The van der Waals surface area contributed by atoms with Gasteiger partial charge in [0.1, 0.15) is 6.10 Å². The largest absolute Gasteiger partial charge is 0.471 e. The van der Waals surface area contributed by atoms with Gasteiger partial charge in [0.05, 0.1) is 0 Å². The average molecular weight is 195 g/mol. The second-order valence-electron chi connectivity index (χ2n) is 4.17. The molecule has 14 heavy (non-hydrogen) atoms. The van der Waals surface area contributed by atoms with Crippen LogP contribution in [-0.2, 0) is 6.54 Å². The lowest BCUT2D eigenvalue weighted by Gasteiger charge is -2.26. The van der Waals surface area contributed by atoms with Crippen molar-refractivity contribution >= 4 is 0 Å². The molecular weight excluding hydrogens is 178 g/mol. The molecule has 0 spiro atoms. The Morgan fingerprint density at radius 2 is 2.43 bits per heavy atom. The number of hydrogen-bond donors (Lipinski definition) is 1. The molecule has 2 rings (SSSR count). The van der Waals surface area contributed by atoms with Crippen molar-refractivity contribution in [1.82, 2.24) is 15.1 Å². The number of nitrogens with one attached hydrogen (secondary N) is 1. The van der Waals surface area contributed by atoms with Crippen LogP contribution in [0.5, 0.6) is 5.88 Å². The zero-order chi connectivity index (χ0) is 9.97. The molecule has 78 valence electrons. The Labute approximate surface area is 84.3 Å². The molecule has 0 amide bonds. The van der Waals surface area contributed by atoms with Gasteiger partial charge in [-0.05, 0) is 5.92 Å². The summed E-state index contributed by atoms with van der Waals surface area (Å²) in [5, 5.41) is 7.50. The van der Waals surface area contributed by atoms with Gasteiger partial charge in [0, 0.05) is 31.9 Å². The van der Waals surface area contributed by atoms with Crippen LogP contribution < -0.4 is 10.1 Å². The van der Waals surface area contributed by atoms with Crippen molar-refractivity contribution in [1.29, 1.82) is 0 Å². The van der Waals surface area contributed by atoms with Gasteiger partial charge in [-0.2, -0.15) is 0 Å². The summed E-state index contributed by atoms with van der Waals surface area (Å²) >= 11 is 0. The lowest BCUT2D eigenvalue weighted by Crippen LogP contribution is -2.50. The highest BCUT2D eigenvalue weighted by atomic mass is 16.5. The van der Waals surface area contributed by atoms with Crippen molar-refractivity contribution in [3.05, 3.63) is 12.3 Å². The van der Waals surface area contributed by atoms with E-state index in [1.165, 1.54) is 0 Å². The first-order valence-corrected chi connectivity index (χ1v) is 5.15. The third-order valence-corrected chi connectivity index (χ3v) is 2.20. The summed E-state index contributed by atoms with van der Waals surface area (Å²) in [5.41, 5.74) is 0. The summed E-state index contributed by atoms with van der Waals surface area (Å²) in [7, 11) is 0. The number of rotatable bonds is 4. The van der Waals surface area contributed by atoms with Crippen molar-refractivity contribution in [2.75, 3.05) is 13.1 Å². The van der Waals surface area contributed by atoms with Crippen LogP contribution in [-0.4, -0.2) is 29.0 Å². The van der Waals surface area contributed by atoms with E-state index in [1.807, 2.05) is 16.9 Å². The van der Waals surface area contributed by atoms with E-state index >= 15 is 0 Å². The molecule has 0 unspecified atom stereocenters. The maximum absolute atomic E-state index is 5.62. The SMILES string of the molecule is CC(C)Cn1ccc(OC2CNC2)n1. The van der Waals surface area contributed by atoms with Crippen molar-refractivity contribution in [3.63, 3.8) is 0 Å². The predicted molar refractivity (Wildman–Crippen MR) is 54.4 cm³/mol. The van der Waals surface area contributed by atoms with Crippen molar-refractivity contribution in [2.45, 2.75) is 26.5 Å². The third-order valence-electron chi connectivity index (χ3n) is 2.20. The number of ether oxygens (including phenoxy) is 1. The fourth-order valence-corrected chi connectivity index (χ4v) is 1.40. The minimum Gasteiger partial charge on any atom is -0.471 e. The predicted octanol–water partition coefficient (Wildman–Crippen LogP) is 0.890. The minimum absolute atomic E-state index is 0.317. The maximum Gasteiger partial charge on any atom is 0.233 e. The standard InChI is InChI=1S/C10H17N3O/c1-8(2)7-13-4-3-10(12-13)14-9-5-11-6-9/h3-4,8-9,11H,5-7H2,1-2H3. The van der Waals surface area contributed by atoms with Crippen LogP contribution in [0.25, 0.3) is 0 Å². The minimum atomic E-state index is 0.317. The number of nitrogens with zero attached hydrogens (tertiary/aromatic N) is 2. The Kier molecular flexibility index (Phi) is 2.72. The van der Waals surface area contributed by atoms with Crippen molar-refractivity contribution in [2.24, 2.45) is 5.92 Å². The fraction of sp³-hybridized carbons (Fsp3) is 0.700. The summed E-state index contributed by atoms with van der Waals surface area (Å²) in [6.45, 7) is 7.19. The van der Waals surface area contributed by atoms with E-state index in [2.05, 4.69) is 24.3 Å². The van der Waals surface area contributed by atoms with Gasteiger partial charge in [0.15, 0.2) is 0 Å². The Morgan fingerprint density at radius 1 is 1.64 bits per heavy atom. The average Bonchev–Trinajstić information content (AvgIpc) is 2.44. The van der Waals surface area contributed by atoms with E-state index in [0.29, 0.717) is 12.0 Å². The van der Waals surface area contributed by atoms with Gasteiger partial charge in [-0.15, -0.1) is 5.10 Å². The highest BCUT2D eigenvalue weighted by molar-refractivity contribution is 5.07. The molecular formula is C10H17N3O. The first kappa shape index (κ1) is 9.52. The van der Waals surface area contributed by atoms with Crippen LogP contribution in [0.1, 0.15) is 13.8 Å². The van der Waals surface area contributed by atoms with E-state index in [1.54, 1.807) is 0 Å². The molecule has 2 heterocycles. The van der Waals surface area contributed by atoms with Gasteiger partial charge in [0.2, 0.25) is 5.88 Å². The molecule has 0 bridgehead atoms. The second kappa shape index (κ2) is 4.00. The first-order chi connectivity index (χ1) is 6.74. The van der Waals surface area contributed by atoms with Crippen molar-refractivity contribution in [3.8, 4) is 5.88 Å².